The molecule has 0 aromatic heterocycles. The highest BCUT2D eigenvalue weighted by atomic mass is 16.7. The Hall–Kier alpha value is -0.610. The number of ether oxygens (including phenoxy) is 3. The van der Waals surface area contributed by atoms with Crippen molar-refractivity contribution < 1.29 is 19.0 Å². The molecule has 1 saturated heterocycles. The first-order valence-corrected chi connectivity index (χ1v) is 5.01. The van der Waals surface area contributed by atoms with Crippen molar-refractivity contribution in [1.29, 1.82) is 0 Å². The van der Waals surface area contributed by atoms with Gasteiger partial charge < -0.3 is 14.2 Å². The summed E-state index contributed by atoms with van der Waals surface area (Å²) < 4.78 is 15.8. The Balaban J connectivity index is 2.22. The Kier molecular flexibility index (Phi) is 3.89. The monoisotopic (exact) mass is 202 g/mol. The van der Waals surface area contributed by atoms with E-state index < -0.39 is 5.79 Å². The lowest BCUT2D eigenvalue weighted by Crippen LogP contribution is -2.23. The molecule has 1 atom stereocenters. The Morgan fingerprint density at radius 2 is 2.29 bits per heavy atom. The van der Waals surface area contributed by atoms with Crippen LogP contribution in [-0.4, -0.2) is 31.1 Å². The van der Waals surface area contributed by atoms with E-state index >= 15 is 0 Å². The fourth-order valence-electron chi connectivity index (χ4n) is 1.32. The van der Waals surface area contributed by atoms with Crippen molar-refractivity contribution in [3.63, 3.8) is 0 Å². The molecule has 0 unspecified atom stereocenters. The van der Waals surface area contributed by atoms with E-state index in [4.69, 9.17) is 14.2 Å². The van der Waals surface area contributed by atoms with Crippen LogP contribution in [0.2, 0.25) is 0 Å². The maximum atomic E-state index is 11.2. The predicted molar refractivity (Wildman–Crippen MR) is 50.8 cm³/mol. The van der Waals surface area contributed by atoms with E-state index in [0.717, 1.165) is 6.42 Å². The summed E-state index contributed by atoms with van der Waals surface area (Å²) in [5, 5.41) is 0. The van der Waals surface area contributed by atoms with E-state index in [1.165, 1.54) is 0 Å². The van der Waals surface area contributed by atoms with Gasteiger partial charge in [0.15, 0.2) is 5.79 Å². The number of rotatable bonds is 4. The van der Waals surface area contributed by atoms with Crippen molar-refractivity contribution >= 4 is 5.97 Å². The van der Waals surface area contributed by atoms with Crippen LogP contribution in [0.5, 0.6) is 0 Å². The van der Waals surface area contributed by atoms with E-state index in [1.54, 1.807) is 0 Å². The Morgan fingerprint density at radius 1 is 1.57 bits per heavy atom. The third-order valence-electron chi connectivity index (χ3n) is 1.93. The molecule has 0 radical (unpaired) electrons. The van der Waals surface area contributed by atoms with Gasteiger partial charge in [0.2, 0.25) is 0 Å². The second-order valence-electron chi connectivity index (χ2n) is 3.88. The minimum Gasteiger partial charge on any atom is -0.466 e. The van der Waals surface area contributed by atoms with Crippen LogP contribution in [0.25, 0.3) is 0 Å². The zero-order valence-electron chi connectivity index (χ0n) is 9.04. The Bertz CT molecular complexity index is 200. The molecular formula is C10H18O4. The predicted octanol–water partition coefficient (Wildman–Crippen LogP) is 1.48. The van der Waals surface area contributed by atoms with Gasteiger partial charge in [0.05, 0.1) is 25.7 Å². The minimum atomic E-state index is -0.560. The molecule has 0 aromatic rings. The van der Waals surface area contributed by atoms with Gasteiger partial charge >= 0.3 is 5.97 Å². The van der Waals surface area contributed by atoms with Gasteiger partial charge in [-0.2, -0.15) is 0 Å². The summed E-state index contributed by atoms with van der Waals surface area (Å²) in [6.07, 6.45) is 0.970. The first-order chi connectivity index (χ1) is 6.53. The molecule has 0 bridgehead atoms. The Morgan fingerprint density at radius 3 is 2.79 bits per heavy atom. The normalized spacial score (nSPS) is 24.9. The maximum absolute atomic E-state index is 11.2. The molecule has 0 amide bonds. The molecule has 4 nitrogen and oxygen atoms in total. The first-order valence-electron chi connectivity index (χ1n) is 5.01. The summed E-state index contributed by atoms with van der Waals surface area (Å²) in [7, 11) is 0. The molecule has 1 aliphatic heterocycles. The van der Waals surface area contributed by atoms with Gasteiger partial charge in [-0.1, -0.05) is 6.92 Å². The van der Waals surface area contributed by atoms with Crippen LogP contribution in [0.15, 0.2) is 0 Å². The smallest absolute Gasteiger partial charge is 0.308 e. The summed E-state index contributed by atoms with van der Waals surface area (Å²) in [5.41, 5.74) is 0. The topological polar surface area (TPSA) is 44.8 Å². The second kappa shape index (κ2) is 4.75. The van der Waals surface area contributed by atoms with Crippen LogP contribution in [0.1, 0.15) is 33.6 Å². The number of hydrogen-bond donors (Lipinski definition) is 0. The molecule has 4 heteroatoms. The van der Waals surface area contributed by atoms with Crippen molar-refractivity contribution in [2.45, 2.75) is 45.5 Å². The van der Waals surface area contributed by atoms with Crippen LogP contribution in [0.4, 0.5) is 0 Å². The molecule has 0 saturated carbocycles. The summed E-state index contributed by atoms with van der Waals surface area (Å²) in [5.74, 6) is -0.770. The molecule has 82 valence electrons. The second-order valence-corrected chi connectivity index (χ2v) is 3.88. The summed E-state index contributed by atoms with van der Waals surface area (Å²) >= 11 is 0. The summed E-state index contributed by atoms with van der Waals surface area (Å²) in [4.78, 5) is 11.2. The van der Waals surface area contributed by atoms with Crippen LogP contribution in [-0.2, 0) is 19.0 Å². The average molecular weight is 202 g/mol. The lowest BCUT2D eigenvalue weighted by atomic mass is 10.3. The first kappa shape index (κ1) is 11.5. The quantitative estimate of drug-likeness (QED) is 0.648. The molecule has 1 heterocycles. The fourth-order valence-corrected chi connectivity index (χ4v) is 1.32. The van der Waals surface area contributed by atoms with Gasteiger partial charge in [-0.3, -0.25) is 4.79 Å². The molecule has 0 aromatic carbocycles. The lowest BCUT2D eigenvalue weighted by Gasteiger charge is -2.16. The van der Waals surface area contributed by atoms with E-state index in [0.29, 0.717) is 13.2 Å². The zero-order chi connectivity index (χ0) is 10.6. The largest absolute Gasteiger partial charge is 0.466 e. The van der Waals surface area contributed by atoms with Crippen molar-refractivity contribution in [1.82, 2.24) is 0 Å². The molecule has 14 heavy (non-hydrogen) atoms. The molecule has 0 spiro atoms. The van der Waals surface area contributed by atoms with Crippen LogP contribution in [0, 0.1) is 0 Å². The van der Waals surface area contributed by atoms with Crippen molar-refractivity contribution in [3.8, 4) is 0 Å². The van der Waals surface area contributed by atoms with Gasteiger partial charge in [0, 0.05) is 0 Å². The third kappa shape index (κ3) is 3.64. The molecule has 1 aliphatic rings. The van der Waals surface area contributed by atoms with Crippen molar-refractivity contribution in [2.24, 2.45) is 0 Å². The number of hydrogen-bond acceptors (Lipinski definition) is 4. The molecule has 0 aliphatic carbocycles. The van der Waals surface area contributed by atoms with Gasteiger partial charge in [-0.25, -0.2) is 0 Å². The molecule has 0 N–H and O–H groups in total. The zero-order valence-corrected chi connectivity index (χ0v) is 9.04. The molecular weight excluding hydrogens is 184 g/mol. The number of carbonyl (C=O) groups is 1. The van der Waals surface area contributed by atoms with Crippen molar-refractivity contribution in [2.75, 3.05) is 13.2 Å². The summed E-state index contributed by atoms with van der Waals surface area (Å²) in [6.45, 7) is 6.59. The van der Waals surface area contributed by atoms with Crippen LogP contribution >= 0.6 is 0 Å². The van der Waals surface area contributed by atoms with Gasteiger partial charge in [0.1, 0.15) is 0 Å². The van der Waals surface area contributed by atoms with E-state index in [-0.39, 0.29) is 18.5 Å². The van der Waals surface area contributed by atoms with Crippen molar-refractivity contribution in [3.05, 3.63) is 0 Å². The van der Waals surface area contributed by atoms with Gasteiger partial charge in [-0.15, -0.1) is 0 Å². The Labute approximate surface area is 84.5 Å². The highest BCUT2D eigenvalue weighted by molar-refractivity contribution is 5.70. The number of carbonyl (C=O) groups excluding carboxylic acids is 1. The standard InChI is InChI=1S/C10H18O4/c1-4-5-12-9(11)6-8-7-13-10(2,3)14-8/h8H,4-7H2,1-3H3/t8-/m0/s1. The number of esters is 1. The minimum absolute atomic E-state index is 0.158. The molecule has 1 rings (SSSR count). The summed E-state index contributed by atoms with van der Waals surface area (Å²) in [6, 6.07) is 0. The fraction of sp³-hybridized carbons (Fsp3) is 0.900. The maximum Gasteiger partial charge on any atom is 0.308 e. The third-order valence-corrected chi connectivity index (χ3v) is 1.93. The molecule has 1 fully saturated rings. The highest BCUT2D eigenvalue weighted by Crippen LogP contribution is 2.24. The highest BCUT2D eigenvalue weighted by Gasteiger charge is 2.33. The average Bonchev–Trinajstić information content (AvgIpc) is 2.42. The SMILES string of the molecule is CCCOC(=O)C[C@H]1COC(C)(C)O1. The van der Waals surface area contributed by atoms with E-state index in [2.05, 4.69) is 0 Å². The lowest BCUT2D eigenvalue weighted by molar-refractivity contribution is -0.154. The van der Waals surface area contributed by atoms with E-state index in [1.807, 2.05) is 20.8 Å². The van der Waals surface area contributed by atoms with Gasteiger partial charge in [-0.05, 0) is 20.3 Å². The van der Waals surface area contributed by atoms with E-state index in [9.17, 15) is 4.79 Å². The van der Waals surface area contributed by atoms with Gasteiger partial charge in [0.25, 0.3) is 0 Å². The van der Waals surface area contributed by atoms with Crippen LogP contribution in [0.3, 0.4) is 0 Å². The van der Waals surface area contributed by atoms with Crippen LogP contribution < -0.4 is 0 Å².